The molecule has 0 aliphatic carbocycles. The van der Waals surface area contributed by atoms with Crippen LogP contribution in [0.1, 0.15) is 0 Å². The van der Waals surface area contributed by atoms with Gasteiger partial charge in [-0.15, -0.1) is 0 Å². The Hall–Kier alpha value is -2.57. The number of hydrogen-bond acceptors (Lipinski definition) is 5. The van der Waals surface area contributed by atoms with Crippen molar-refractivity contribution < 1.29 is 34.1 Å². The van der Waals surface area contributed by atoms with Crippen LogP contribution in [0.15, 0.2) is 37.8 Å². The Morgan fingerprint density at radius 3 is 1.31 bits per heavy atom. The minimum Gasteiger partial charge on any atom is -0.450 e. The number of carboxylic acid groups (broad SMARTS) is 2. The Morgan fingerprint density at radius 2 is 1.12 bits per heavy atom. The van der Waals surface area contributed by atoms with E-state index in [0.717, 1.165) is 24.7 Å². The normalized spacial score (nSPS) is 8.25. The number of rotatable bonds is 4. The van der Waals surface area contributed by atoms with Crippen molar-refractivity contribution in [3.8, 4) is 0 Å². The maximum Gasteiger partial charge on any atom is 0.503 e. The summed E-state index contributed by atoms with van der Waals surface area (Å²) in [7, 11) is 0. The molecule has 0 bridgehead atoms. The first-order chi connectivity index (χ1) is 7.43. The van der Waals surface area contributed by atoms with E-state index in [2.05, 4.69) is 22.6 Å². The number of esters is 2. The monoisotopic (exact) mass is 230 g/mol. The summed E-state index contributed by atoms with van der Waals surface area (Å²) in [5.41, 5.74) is 0. The molecule has 0 aliphatic rings. The van der Waals surface area contributed by atoms with E-state index >= 15 is 0 Å². The van der Waals surface area contributed by atoms with Crippen molar-refractivity contribution in [3.63, 3.8) is 0 Å². The largest absolute Gasteiger partial charge is 0.503 e. The average Bonchev–Trinajstić information content (AvgIpc) is 2.22. The van der Waals surface area contributed by atoms with Gasteiger partial charge in [0.1, 0.15) is 12.5 Å². The van der Waals surface area contributed by atoms with Crippen molar-refractivity contribution in [3.05, 3.63) is 37.8 Å². The Labute approximate surface area is 90.9 Å². The van der Waals surface area contributed by atoms with Crippen LogP contribution in [-0.4, -0.2) is 28.3 Å². The fourth-order valence-corrected chi connectivity index (χ4v) is 0.286. The summed E-state index contributed by atoms with van der Waals surface area (Å²) in [6, 6.07) is 0. The maximum atomic E-state index is 10.4. The van der Waals surface area contributed by atoms with E-state index in [-0.39, 0.29) is 0 Å². The summed E-state index contributed by atoms with van der Waals surface area (Å²) in [5.74, 6) is -1.25. The number of hydrogen-bond donors (Lipinski definition) is 2. The van der Waals surface area contributed by atoms with Crippen LogP contribution in [0.2, 0.25) is 0 Å². The van der Waals surface area contributed by atoms with Crippen LogP contribution < -0.4 is 0 Å². The quantitative estimate of drug-likeness (QED) is 0.423. The number of carbonyl (C=O) groups excluding carboxylic acids is 2. The van der Waals surface area contributed by atoms with Crippen LogP contribution in [0.25, 0.3) is 0 Å². The standard InChI is InChI=1S/C8H8O4.CH2O3/c1-3-7(9)11-5-6-12-8(10)4-2;2-1(3)4/h3-6H,1-2H2;(H2,2,3,4). The van der Waals surface area contributed by atoms with E-state index in [1.54, 1.807) is 0 Å². The molecule has 0 spiro atoms. The van der Waals surface area contributed by atoms with Crippen LogP contribution in [0, 0.1) is 0 Å². The lowest BCUT2D eigenvalue weighted by Crippen LogP contribution is -1.95. The lowest BCUT2D eigenvalue weighted by atomic mass is 10.7. The smallest absolute Gasteiger partial charge is 0.450 e. The molecule has 0 fully saturated rings. The molecule has 2 N–H and O–H groups in total. The zero-order valence-electron chi connectivity index (χ0n) is 8.16. The molecule has 0 aromatic rings. The average molecular weight is 230 g/mol. The van der Waals surface area contributed by atoms with Crippen LogP contribution in [0.4, 0.5) is 4.79 Å². The topological polar surface area (TPSA) is 110 Å². The third-order valence-electron chi connectivity index (χ3n) is 0.757. The molecule has 0 amide bonds. The molecular weight excluding hydrogens is 220 g/mol. The van der Waals surface area contributed by atoms with Gasteiger partial charge in [-0.25, -0.2) is 14.4 Å². The molecule has 0 unspecified atom stereocenters. The highest BCUT2D eigenvalue weighted by atomic mass is 16.6. The summed E-state index contributed by atoms with van der Waals surface area (Å²) in [4.78, 5) is 29.3. The number of carbonyl (C=O) groups is 3. The zero-order valence-corrected chi connectivity index (χ0v) is 8.16. The predicted molar refractivity (Wildman–Crippen MR) is 52.4 cm³/mol. The molecule has 0 saturated carbocycles. The van der Waals surface area contributed by atoms with Crippen molar-refractivity contribution in [1.29, 1.82) is 0 Å². The minimum absolute atomic E-state index is 0.624. The Kier molecular flexibility index (Phi) is 10.4. The van der Waals surface area contributed by atoms with Gasteiger partial charge in [0, 0.05) is 12.2 Å². The van der Waals surface area contributed by atoms with E-state index in [4.69, 9.17) is 15.0 Å². The second-order valence-corrected chi connectivity index (χ2v) is 1.84. The Morgan fingerprint density at radius 1 is 0.875 bits per heavy atom. The molecule has 0 saturated heterocycles. The van der Waals surface area contributed by atoms with E-state index in [9.17, 15) is 9.59 Å². The highest BCUT2D eigenvalue weighted by molar-refractivity contribution is 5.82. The first-order valence-corrected chi connectivity index (χ1v) is 3.67. The molecule has 0 radical (unpaired) electrons. The van der Waals surface area contributed by atoms with Crippen LogP contribution >= 0.6 is 0 Å². The van der Waals surface area contributed by atoms with Crippen LogP contribution in [0.5, 0.6) is 0 Å². The van der Waals surface area contributed by atoms with Gasteiger partial charge in [-0.05, 0) is 0 Å². The molecule has 88 valence electrons. The second kappa shape index (κ2) is 10.5. The summed E-state index contributed by atoms with van der Waals surface area (Å²) in [6.07, 6.45) is 2.01. The molecule has 7 heteroatoms. The van der Waals surface area contributed by atoms with Crippen molar-refractivity contribution >= 4 is 18.1 Å². The molecular formula is C9H10O7. The zero-order chi connectivity index (χ0) is 13.0. The fraction of sp³-hybridized carbons (Fsp3) is 0. The molecule has 0 aromatic heterocycles. The molecule has 0 atom stereocenters. The van der Waals surface area contributed by atoms with Crippen LogP contribution in [0.3, 0.4) is 0 Å². The second-order valence-electron chi connectivity index (χ2n) is 1.84. The highest BCUT2D eigenvalue weighted by Crippen LogP contribution is 1.84. The number of ether oxygens (including phenoxy) is 2. The van der Waals surface area contributed by atoms with E-state index in [1.807, 2.05) is 0 Å². The van der Waals surface area contributed by atoms with Gasteiger partial charge >= 0.3 is 18.1 Å². The SMILES string of the molecule is C=CC(=O)OC=COC(=O)C=C.O=C(O)O. The third-order valence-corrected chi connectivity index (χ3v) is 0.757. The van der Waals surface area contributed by atoms with Gasteiger partial charge in [-0.1, -0.05) is 13.2 Å². The molecule has 0 aromatic carbocycles. The Bertz CT molecular complexity index is 275. The van der Waals surface area contributed by atoms with Crippen LogP contribution in [-0.2, 0) is 19.1 Å². The lowest BCUT2D eigenvalue weighted by Gasteiger charge is -1.92. The summed E-state index contributed by atoms with van der Waals surface area (Å²) in [6.45, 7) is 6.32. The van der Waals surface area contributed by atoms with E-state index < -0.39 is 18.1 Å². The third kappa shape index (κ3) is 17.5. The fourth-order valence-electron chi connectivity index (χ4n) is 0.286. The van der Waals surface area contributed by atoms with Crippen molar-refractivity contribution in [2.45, 2.75) is 0 Å². The summed E-state index contributed by atoms with van der Waals surface area (Å²) >= 11 is 0. The minimum atomic E-state index is -1.83. The van der Waals surface area contributed by atoms with Crippen molar-refractivity contribution in [2.75, 3.05) is 0 Å². The summed E-state index contributed by atoms with van der Waals surface area (Å²) in [5, 5.41) is 13.9. The van der Waals surface area contributed by atoms with Gasteiger partial charge in [0.25, 0.3) is 0 Å². The van der Waals surface area contributed by atoms with Crippen molar-refractivity contribution in [2.24, 2.45) is 0 Å². The Balaban J connectivity index is 0. The molecule has 0 aliphatic heterocycles. The van der Waals surface area contributed by atoms with Gasteiger partial charge in [-0.2, -0.15) is 0 Å². The maximum absolute atomic E-state index is 10.4. The van der Waals surface area contributed by atoms with Gasteiger partial charge in [0.05, 0.1) is 0 Å². The van der Waals surface area contributed by atoms with Crippen molar-refractivity contribution in [1.82, 2.24) is 0 Å². The lowest BCUT2D eigenvalue weighted by molar-refractivity contribution is -0.135. The first-order valence-electron chi connectivity index (χ1n) is 3.67. The van der Waals surface area contributed by atoms with E-state index in [1.165, 1.54) is 0 Å². The van der Waals surface area contributed by atoms with Gasteiger partial charge in [0.15, 0.2) is 0 Å². The molecule has 0 rings (SSSR count). The van der Waals surface area contributed by atoms with Gasteiger partial charge in [0.2, 0.25) is 0 Å². The molecule has 16 heavy (non-hydrogen) atoms. The first kappa shape index (κ1) is 15.9. The summed E-state index contributed by atoms with van der Waals surface area (Å²) < 4.78 is 8.67. The predicted octanol–water partition coefficient (Wildman–Crippen LogP) is 1.14. The molecule has 0 heterocycles. The molecule has 7 nitrogen and oxygen atoms in total. The highest BCUT2D eigenvalue weighted by Gasteiger charge is 1.91. The van der Waals surface area contributed by atoms with Gasteiger partial charge < -0.3 is 19.7 Å². The van der Waals surface area contributed by atoms with Gasteiger partial charge in [-0.3, -0.25) is 0 Å². The van der Waals surface area contributed by atoms with E-state index in [0.29, 0.717) is 0 Å².